The molecule has 2 aliphatic heterocycles. The standard InChI is InChI=1S/C38H49N7O11/c1-23-17-31-37(51)45(30-20-32(46)24(2)18-29(30)36(50)44(31)21-23)38(52)56-22-27-5-7-28(8-6-27)42-35(49)25(3)19-33(47)26(4)41-34(48)9-11-53-13-15-55-16-14-54-12-10-40-43-39/h5-8,18,20,25-26,31,37,46,51H,1,9-17,19,21-22H2,2-4H3,(H,41,48)(H,42,49)/t25-,26+,31+,37?/m1/s1. The number of benzene rings is 2. The zero-order valence-electron chi connectivity index (χ0n) is 31.8. The highest BCUT2D eigenvalue weighted by atomic mass is 16.6. The second-order valence-electron chi connectivity index (χ2n) is 13.5. The van der Waals surface area contributed by atoms with Crippen LogP contribution in [0.15, 0.2) is 53.7 Å². The molecule has 2 heterocycles. The maximum Gasteiger partial charge on any atom is 0.416 e. The third kappa shape index (κ3) is 12.0. The first kappa shape index (κ1) is 43.2. The van der Waals surface area contributed by atoms with Gasteiger partial charge in [-0.05, 0) is 55.1 Å². The average molecular weight is 780 g/mol. The monoisotopic (exact) mass is 779 g/mol. The number of nitrogens with one attached hydrogen (secondary N) is 2. The smallest absolute Gasteiger partial charge is 0.416 e. The average Bonchev–Trinajstić information content (AvgIpc) is 3.54. The fourth-order valence-corrected chi connectivity index (χ4v) is 6.04. The summed E-state index contributed by atoms with van der Waals surface area (Å²) in [5.41, 5.74) is 10.5. The Kier molecular flexibility index (Phi) is 16.2. The number of Topliss-reactive ketones (excluding diaryl/α,β-unsaturated/α-hetero) is 1. The molecule has 4 rings (SSSR count). The molecule has 2 aliphatic rings. The summed E-state index contributed by atoms with van der Waals surface area (Å²) in [4.78, 5) is 69.9. The lowest BCUT2D eigenvalue weighted by Crippen LogP contribution is -2.50. The quantitative estimate of drug-likeness (QED) is 0.0496. The molecule has 2 aromatic carbocycles. The molecule has 0 radical (unpaired) electrons. The molecule has 0 bridgehead atoms. The summed E-state index contributed by atoms with van der Waals surface area (Å²) >= 11 is 0. The van der Waals surface area contributed by atoms with Gasteiger partial charge < -0.3 is 44.7 Å². The van der Waals surface area contributed by atoms with E-state index in [1.807, 2.05) is 0 Å². The molecule has 0 saturated carbocycles. The van der Waals surface area contributed by atoms with Crippen LogP contribution in [0, 0.1) is 12.8 Å². The molecule has 0 aromatic heterocycles. The molecule has 1 unspecified atom stereocenters. The number of phenolic OH excluding ortho intramolecular Hbond substituents is 1. The fraction of sp³-hybridized carbons (Fsp3) is 0.500. The number of nitrogens with zero attached hydrogens (tertiary/aromatic N) is 5. The first-order chi connectivity index (χ1) is 26.8. The zero-order valence-corrected chi connectivity index (χ0v) is 31.8. The van der Waals surface area contributed by atoms with Crippen molar-refractivity contribution >= 4 is 41.0 Å². The van der Waals surface area contributed by atoms with Crippen LogP contribution < -0.4 is 15.5 Å². The minimum Gasteiger partial charge on any atom is -0.508 e. The zero-order chi connectivity index (χ0) is 40.8. The number of ether oxygens (including phenoxy) is 4. The number of aliphatic hydroxyl groups excluding tert-OH is 1. The van der Waals surface area contributed by atoms with Gasteiger partial charge in [-0.25, -0.2) is 9.69 Å². The van der Waals surface area contributed by atoms with Crippen molar-refractivity contribution < 1.29 is 53.1 Å². The predicted octanol–water partition coefficient (Wildman–Crippen LogP) is 3.74. The molecule has 0 aliphatic carbocycles. The van der Waals surface area contributed by atoms with Crippen molar-refractivity contribution in [1.29, 1.82) is 0 Å². The first-order valence-electron chi connectivity index (χ1n) is 18.2. The van der Waals surface area contributed by atoms with E-state index in [0.29, 0.717) is 49.7 Å². The van der Waals surface area contributed by atoms with Crippen LogP contribution in [0.4, 0.5) is 16.2 Å². The van der Waals surface area contributed by atoms with Crippen LogP contribution in [0.1, 0.15) is 54.6 Å². The Morgan fingerprint density at radius 3 is 2.38 bits per heavy atom. The third-order valence-corrected chi connectivity index (χ3v) is 9.18. The van der Waals surface area contributed by atoms with Crippen molar-refractivity contribution in [3.63, 3.8) is 0 Å². The molecule has 4 atom stereocenters. The van der Waals surface area contributed by atoms with Gasteiger partial charge in [0, 0.05) is 48.5 Å². The maximum absolute atomic E-state index is 13.5. The number of amides is 4. The second-order valence-corrected chi connectivity index (χ2v) is 13.5. The van der Waals surface area contributed by atoms with Gasteiger partial charge in [0.15, 0.2) is 12.0 Å². The van der Waals surface area contributed by atoms with Gasteiger partial charge >= 0.3 is 6.09 Å². The Balaban J connectivity index is 1.18. The Morgan fingerprint density at radius 1 is 1.04 bits per heavy atom. The SMILES string of the molecule is C=C1C[C@H]2C(O)N(C(=O)OCc3ccc(NC(=O)[C@H](C)CC(=O)[C@H](C)NC(=O)CCOCCOCCOCCN=[N+]=[N-])cc3)c3cc(O)c(C)cc3C(=O)N2C1. The molecule has 302 valence electrons. The number of ketones is 1. The highest BCUT2D eigenvalue weighted by molar-refractivity contribution is 6.06. The Labute approximate surface area is 324 Å². The third-order valence-electron chi connectivity index (χ3n) is 9.18. The number of aliphatic hydroxyl groups is 1. The highest BCUT2D eigenvalue weighted by Crippen LogP contribution is 2.39. The number of rotatable bonds is 20. The summed E-state index contributed by atoms with van der Waals surface area (Å²) in [7, 11) is 0. The van der Waals surface area contributed by atoms with Crippen molar-refractivity contribution in [3.05, 3.63) is 75.7 Å². The molecule has 4 amide bonds. The normalized spacial score (nSPS) is 17.2. The van der Waals surface area contributed by atoms with Crippen LogP contribution in [0.3, 0.4) is 0 Å². The van der Waals surface area contributed by atoms with Crippen LogP contribution in [0.2, 0.25) is 0 Å². The number of fused-ring (bicyclic) bond motifs is 2. The molecule has 4 N–H and O–H groups in total. The lowest BCUT2D eigenvalue weighted by Gasteiger charge is -2.31. The maximum atomic E-state index is 13.5. The lowest BCUT2D eigenvalue weighted by molar-refractivity contribution is -0.130. The van der Waals surface area contributed by atoms with E-state index >= 15 is 0 Å². The number of phenols is 1. The number of aryl methyl sites for hydroxylation is 1. The predicted molar refractivity (Wildman–Crippen MR) is 203 cm³/mol. The van der Waals surface area contributed by atoms with Crippen LogP contribution in [-0.4, -0.2) is 116 Å². The lowest BCUT2D eigenvalue weighted by atomic mass is 10.00. The van der Waals surface area contributed by atoms with Crippen molar-refractivity contribution in [2.24, 2.45) is 11.0 Å². The number of carbonyl (C=O) groups is 5. The van der Waals surface area contributed by atoms with Crippen LogP contribution in [0.25, 0.3) is 10.4 Å². The second kappa shape index (κ2) is 21.0. The van der Waals surface area contributed by atoms with Gasteiger partial charge in [-0.1, -0.05) is 36.3 Å². The van der Waals surface area contributed by atoms with E-state index in [-0.39, 0.29) is 74.4 Å². The van der Waals surface area contributed by atoms with Gasteiger partial charge in [-0.2, -0.15) is 0 Å². The van der Waals surface area contributed by atoms with Crippen molar-refractivity contribution in [3.8, 4) is 5.75 Å². The molecular weight excluding hydrogens is 730 g/mol. The first-order valence-corrected chi connectivity index (χ1v) is 18.2. The Bertz CT molecular complexity index is 1800. The molecule has 56 heavy (non-hydrogen) atoms. The summed E-state index contributed by atoms with van der Waals surface area (Å²) in [6.45, 7) is 10.8. The van der Waals surface area contributed by atoms with Crippen LogP contribution >= 0.6 is 0 Å². The molecular formula is C38H49N7O11. The largest absolute Gasteiger partial charge is 0.508 e. The van der Waals surface area contributed by atoms with E-state index in [9.17, 15) is 34.2 Å². The molecule has 0 spiro atoms. The van der Waals surface area contributed by atoms with E-state index in [1.165, 1.54) is 17.0 Å². The van der Waals surface area contributed by atoms with E-state index in [1.54, 1.807) is 45.0 Å². The topological polar surface area (TPSA) is 242 Å². The van der Waals surface area contributed by atoms with E-state index in [2.05, 4.69) is 27.2 Å². The minimum absolute atomic E-state index is 0.0296. The van der Waals surface area contributed by atoms with E-state index in [0.717, 1.165) is 10.5 Å². The number of hydrogen-bond donors (Lipinski definition) is 4. The molecule has 2 aromatic rings. The summed E-state index contributed by atoms with van der Waals surface area (Å²) < 4.78 is 21.5. The van der Waals surface area contributed by atoms with Crippen molar-refractivity contribution in [1.82, 2.24) is 10.2 Å². The van der Waals surface area contributed by atoms with Gasteiger partial charge in [0.25, 0.3) is 5.91 Å². The summed E-state index contributed by atoms with van der Waals surface area (Å²) in [5, 5.41) is 30.5. The number of aromatic hydroxyl groups is 1. The Hall–Kier alpha value is -5.52. The number of anilines is 2. The molecule has 18 nitrogen and oxygen atoms in total. The van der Waals surface area contributed by atoms with Crippen LogP contribution in [0.5, 0.6) is 5.75 Å². The Morgan fingerprint density at radius 2 is 1.70 bits per heavy atom. The molecule has 1 fully saturated rings. The van der Waals surface area contributed by atoms with Crippen molar-refractivity contribution in [2.75, 3.05) is 62.9 Å². The van der Waals surface area contributed by atoms with Gasteiger partial charge in [0.2, 0.25) is 11.8 Å². The number of hydrogen-bond acceptors (Lipinski definition) is 12. The van der Waals surface area contributed by atoms with Crippen molar-refractivity contribution in [2.45, 2.75) is 65.0 Å². The van der Waals surface area contributed by atoms with Gasteiger partial charge in [-0.3, -0.25) is 19.2 Å². The summed E-state index contributed by atoms with van der Waals surface area (Å²) in [5.74, 6) is -2.33. The van der Waals surface area contributed by atoms with E-state index in [4.69, 9.17) is 24.5 Å². The van der Waals surface area contributed by atoms with Gasteiger partial charge in [0.1, 0.15) is 12.4 Å². The van der Waals surface area contributed by atoms with Crippen LogP contribution in [-0.2, 0) is 39.9 Å². The highest BCUT2D eigenvalue weighted by Gasteiger charge is 2.46. The molecule has 18 heteroatoms. The fourth-order valence-electron chi connectivity index (χ4n) is 6.04. The molecule has 1 saturated heterocycles. The van der Waals surface area contributed by atoms with Gasteiger partial charge in [-0.15, -0.1) is 0 Å². The summed E-state index contributed by atoms with van der Waals surface area (Å²) in [6, 6.07) is 7.67. The number of azide groups is 1. The van der Waals surface area contributed by atoms with E-state index < -0.39 is 42.1 Å². The van der Waals surface area contributed by atoms with Gasteiger partial charge in [0.05, 0.1) is 63.0 Å². The number of carbonyl (C=O) groups excluding carboxylic acids is 5. The minimum atomic E-state index is -1.46. The summed E-state index contributed by atoms with van der Waals surface area (Å²) in [6.07, 6.45) is -2.16.